The van der Waals surface area contributed by atoms with E-state index in [2.05, 4.69) is 6.07 Å². The van der Waals surface area contributed by atoms with E-state index in [0.29, 0.717) is 17.0 Å². The first kappa shape index (κ1) is 24.7. The van der Waals surface area contributed by atoms with Gasteiger partial charge in [-0.05, 0) is 29.3 Å². The fourth-order valence-electron chi connectivity index (χ4n) is 5.66. The molecule has 0 amide bonds. The van der Waals surface area contributed by atoms with Crippen LogP contribution in [0.1, 0.15) is 27.4 Å². The Bertz CT molecular complexity index is 1510. The molecule has 9 nitrogen and oxygen atoms in total. The van der Waals surface area contributed by atoms with E-state index in [9.17, 15) is 25.0 Å². The second-order valence-electron chi connectivity index (χ2n) is 9.11. The highest BCUT2D eigenvalue weighted by Gasteiger charge is 2.67. The number of benzene rings is 3. The minimum Gasteiger partial charge on any atom is -0.497 e. The monoisotopic (exact) mass is 509 g/mol. The molecule has 0 unspecified atom stereocenters. The topological polar surface area (TPSA) is 123 Å². The summed E-state index contributed by atoms with van der Waals surface area (Å²) in [5, 5.41) is 22.2. The molecular formula is C29H23N3O6. The first-order valence-electron chi connectivity index (χ1n) is 11.8. The molecule has 1 saturated heterocycles. The van der Waals surface area contributed by atoms with Crippen molar-refractivity contribution in [1.82, 2.24) is 0 Å². The highest BCUT2D eigenvalue weighted by Crippen LogP contribution is 2.56. The summed E-state index contributed by atoms with van der Waals surface area (Å²) in [5.74, 6) is -1.63. The summed E-state index contributed by atoms with van der Waals surface area (Å²) >= 11 is 0. The summed E-state index contributed by atoms with van der Waals surface area (Å²) in [4.78, 5) is 40.6. The molecule has 2 heterocycles. The largest absolute Gasteiger partial charge is 0.497 e. The van der Waals surface area contributed by atoms with E-state index >= 15 is 0 Å². The van der Waals surface area contributed by atoms with E-state index in [0.717, 1.165) is 5.56 Å². The first-order valence-corrected chi connectivity index (χ1v) is 11.8. The number of fused-ring (bicyclic) bond motifs is 3. The molecule has 0 N–H and O–H groups in total. The molecule has 2 aliphatic heterocycles. The second kappa shape index (κ2) is 9.48. The van der Waals surface area contributed by atoms with Crippen LogP contribution in [0.5, 0.6) is 5.75 Å². The molecule has 0 bridgehead atoms. The van der Waals surface area contributed by atoms with Gasteiger partial charge < -0.3 is 14.4 Å². The van der Waals surface area contributed by atoms with Crippen LogP contribution in [0, 0.1) is 26.9 Å². The van der Waals surface area contributed by atoms with Crippen LogP contribution < -0.4 is 9.64 Å². The third-order valence-electron chi connectivity index (χ3n) is 7.34. The maximum absolute atomic E-state index is 14.3. The Morgan fingerprint density at radius 1 is 1.05 bits per heavy atom. The third kappa shape index (κ3) is 3.61. The molecule has 9 heteroatoms. The molecule has 38 heavy (non-hydrogen) atoms. The van der Waals surface area contributed by atoms with Crippen molar-refractivity contribution in [2.45, 2.75) is 18.0 Å². The number of ketones is 1. The van der Waals surface area contributed by atoms with E-state index in [-0.39, 0.29) is 11.3 Å². The number of nitrogens with zero attached hydrogens (tertiary/aromatic N) is 3. The van der Waals surface area contributed by atoms with Crippen LogP contribution in [0.25, 0.3) is 6.08 Å². The molecule has 3 aromatic rings. The zero-order valence-corrected chi connectivity index (χ0v) is 20.6. The average Bonchev–Trinajstić information content (AvgIpc) is 3.28. The smallest absolute Gasteiger partial charge is 0.329 e. The Kier molecular flexibility index (Phi) is 6.17. The number of para-hydroxylation sites is 1. The van der Waals surface area contributed by atoms with Gasteiger partial charge in [-0.2, -0.15) is 5.26 Å². The summed E-state index contributed by atoms with van der Waals surface area (Å²) in [6.07, 6.45) is 3.58. The van der Waals surface area contributed by atoms with Gasteiger partial charge in [0.2, 0.25) is 0 Å². The maximum Gasteiger partial charge on any atom is 0.329 e. The molecule has 190 valence electrons. The average molecular weight is 510 g/mol. The maximum atomic E-state index is 14.3. The van der Waals surface area contributed by atoms with Gasteiger partial charge in [-0.25, -0.2) is 0 Å². The van der Waals surface area contributed by atoms with Crippen LogP contribution in [0.2, 0.25) is 0 Å². The quantitative estimate of drug-likeness (QED) is 0.205. The number of hydrogen-bond acceptors (Lipinski definition) is 8. The van der Waals surface area contributed by atoms with Crippen molar-refractivity contribution in [3.63, 3.8) is 0 Å². The van der Waals surface area contributed by atoms with Gasteiger partial charge >= 0.3 is 5.97 Å². The van der Waals surface area contributed by atoms with E-state index in [1.54, 1.807) is 35.2 Å². The van der Waals surface area contributed by atoms with Crippen LogP contribution in [-0.2, 0) is 9.53 Å². The lowest BCUT2D eigenvalue weighted by Crippen LogP contribution is -2.46. The first-order chi connectivity index (χ1) is 18.4. The second-order valence-corrected chi connectivity index (χ2v) is 9.11. The van der Waals surface area contributed by atoms with Crippen molar-refractivity contribution in [1.29, 1.82) is 5.26 Å². The predicted octanol–water partition coefficient (Wildman–Crippen LogP) is 4.54. The summed E-state index contributed by atoms with van der Waals surface area (Å²) in [7, 11) is 2.74. The summed E-state index contributed by atoms with van der Waals surface area (Å²) in [6, 6.07) is 20.1. The van der Waals surface area contributed by atoms with Gasteiger partial charge in [0.05, 0.1) is 31.3 Å². The molecule has 5 rings (SSSR count). The zero-order valence-electron chi connectivity index (χ0n) is 20.6. The van der Waals surface area contributed by atoms with Crippen molar-refractivity contribution in [2.75, 3.05) is 19.1 Å². The van der Waals surface area contributed by atoms with Crippen molar-refractivity contribution in [3.8, 4) is 11.8 Å². The van der Waals surface area contributed by atoms with Crippen LogP contribution in [0.4, 0.5) is 11.4 Å². The molecule has 1 fully saturated rings. The van der Waals surface area contributed by atoms with Crippen LogP contribution in [0.15, 0.2) is 78.9 Å². The highest BCUT2D eigenvalue weighted by molar-refractivity contribution is 6.06. The van der Waals surface area contributed by atoms with E-state index in [1.807, 2.05) is 30.3 Å². The minimum absolute atomic E-state index is 0.104. The van der Waals surface area contributed by atoms with Crippen LogP contribution >= 0.6 is 0 Å². The molecule has 3 aromatic carbocycles. The lowest BCUT2D eigenvalue weighted by Gasteiger charge is -2.36. The van der Waals surface area contributed by atoms with Crippen LogP contribution in [-0.4, -0.2) is 43.0 Å². The number of carbonyl (C=O) groups excluding carboxylic acids is 2. The van der Waals surface area contributed by atoms with Gasteiger partial charge in [-0.3, -0.25) is 19.7 Å². The van der Waals surface area contributed by atoms with Crippen molar-refractivity contribution in [3.05, 3.63) is 106 Å². The molecule has 0 aliphatic carbocycles. The molecular weight excluding hydrogens is 486 g/mol. The predicted molar refractivity (Wildman–Crippen MR) is 139 cm³/mol. The Morgan fingerprint density at radius 3 is 2.45 bits per heavy atom. The zero-order chi connectivity index (χ0) is 27.0. The van der Waals surface area contributed by atoms with Crippen molar-refractivity contribution < 1.29 is 24.0 Å². The lowest BCUT2D eigenvalue weighted by atomic mass is 9.68. The number of ether oxygens (including phenoxy) is 2. The fourth-order valence-corrected chi connectivity index (χ4v) is 5.66. The van der Waals surface area contributed by atoms with Crippen LogP contribution in [0.3, 0.4) is 0 Å². The Balaban J connectivity index is 1.80. The van der Waals surface area contributed by atoms with Gasteiger partial charge in [0.25, 0.3) is 5.69 Å². The molecule has 2 aliphatic rings. The van der Waals surface area contributed by atoms with Crippen molar-refractivity contribution >= 4 is 29.2 Å². The number of carbonyl (C=O) groups is 2. The minimum atomic E-state index is -1.80. The summed E-state index contributed by atoms with van der Waals surface area (Å²) < 4.78 is 10.5. The standard InChI is InChI=1S/C29H23N3O6/c1-37-22-13-10-19(11-14-22)25-26(27(33)20-7-5-8-21(16-20)32(35)36)31-23-9-4-3-6-18(23)12-15-24(31)29(25,17-30)28(34)38-2/h3-16,24-26H,1-2H3/t24-,25-,26+,29+/m1/s1. The Morgan fingerprint density at radius 2 is 1.79 bits per heavy atom. The fraction of sp³-hybridized carbons (Fsp3) is 0.207. The van der Waals surface area contributed by atoms with Crippen molar-refractivity contribution in [2.24, 2.45) is 5.41 Å². The van der Waals surface area contributed by atoms with Gasteiger partial charge in [-0.1, -0.05) is 54.6 Å². The van der Waals surface area contributed by atoms with E-state index in [4.69, 9.17) is 9.47 Å². The number of rotatable bonds is 6. The molecule has 0 aromatic heterocycles. The van der Waals surface area contributed by atoms with E-state index in [1.165, 1.54) is 38.5 Å². The number of esters is 1. The summed E-state index contributed by atoms with van der Waals surface area (Å²) in [6.45, 7) is 0. The highest BCUT2D eigenvalue weighted by atomic mass is 16.6. The number of methoxy groups -OCH3 is 2. The Hall–Kier alpha value is -4.97. The SMILES string of the molecule is COC(=O)[C@]1(C#N)[C@H](c2ccc(OC)cc2)[C@@H](C(=O)c2cccc([N+](=O)[O-])c2)N2c3ccccc3C=C[C@@H]21. The number of non-ortho nitro benzene ring substituents is 1. The number of anilines is 1. The molecule has 0 saturated carbocycles. The number of nitro benzene ring substituents is 1. The Labute approximate surface area is 218 Å². The lowest BCUT2D eigenvalue weighted by molar-refractivity contribution is -0.384. The summed E-state index contributed by atoms with van der Waals surface area (Å²) in [5.41, 5.74) is 0.115. The third-order valence-corrected chi connectivity index (χ3v) is 7.34. The number of hydrogen-bond donors (Lipinski definition) is 0. The van der Waals surface area contributed by atoms with E-state index < -0.39 is 40.1 Å². The van der Waals surface area contributed by atoms with Gasteiger partial charge in [0.15, 0.2) is 11.2 Å². The number of nitro groups is 1. The van der Waals surface area contributed by atoms with Gasteiger partial charge in [-0.15, -0.1) is 0 Å². The number of Topliss-reactive ketones (excluding diaryl/α,β-unsaturated/α-hetero) is 1. The van der Waals surface area contributed by atoms with Gasteiger partial charge in [0, 0.05) is 29.3 Å². The normalized spacial score (nSPS) is 23.1. The molecule has 4 atom stereocenters. The number of nitriles is 1. The molecule has 0 radical (unpaired) electrons. The molecule has 0 spiro atoms. The van der Waals surface area contributed by atoms with Gasteiger partial charge in [0.1, 0.15) is 11.8 Å².